The standard InChI is InChI=1S/C26H28N6O/c1-17-6-7-22-21(13-17)23(18-8-10-27-11-9-18)24(30-22)19-5-4-12-32(16-19)25(33)20-14-28-26(29-15-20)31(2)3/h6-11,13-15,19,30H,4-5,12,16H2,1-3H3/t19-/m1/s1. The molecule has 1 aliphatic rings. The fraction of sp³-hybridized carbons (Fsp3) is 0.308. The molecule has 3 aromatic heterocycles. The molecule has 0 spiro atoms. The number of rotatable bonds is 4. The Labute approximate surface area is 193 Å². The molecular formula is C26H28N6O. The number of benzene rings is 1. The molecule has 0 unspecified atom stereocenters. The van der Waals surface area contributed by atoms with E-state index in [-0.39, 0.29) is 11.8 Å². The normalized spacial score (nSPS) is 16.2. The number of anilines is 1. The number of hydrogen-bond donors (Lipinski definition) is 1. The van der Waals surface area contributed by atoms with E-state index in [1.807, 2.05) is 36.3 Å². The number of carbonyl (C=O) groups excluding carboxylic acids is 1. The topological polar surface area (TPSA) is 78.0 Å². The number of pyridine rings is 1. The highest BCUT2D eigenvalue weighted by Gasteiger charge is 2.29. The van der Waals surface area contributed by atoms with E-state index in [0.717, 1.165) is 30.5 Å². The maximum Gasteiger partial charge on any atom is 0.257 e. The zero-order valence-corrected chi connectivity index (χ0v) is 19.2. The summed E-state index contributed by atoms with van der Waals surface area (Å²) in [6.07, 6.45) is 8.91. The third kappa shape index (κ3) is 4.06. The maximum absolute atomic E-state index is 13.2. The van der Waals surface area contributed by atoms with E-state index in [0.29, 0.717) is 18.1 Å². The van der Waals surface area contributed by atoms with E-state index in [2.05, 4.69) is 57.2 Å². The second kappa shape index (κ2) is 8.65. The van der Waals surface area contributed by atoms with Crippen LogP contribution in [-0.2, 0) is 0 Å². The van der Waals surface area contributed by atoms with Gasteiger partial charge in [-0.1, -0.05) is 11.6 Å². The summed E-state index contributed by atoms with van der Waals surface area (Å²) in [6, 6.07) is 10.6. The van der Waals surface area contributed by atoms with Crippen molar-refractivity contribution in [2.75, 3.05) is 32.1 Å². The molecule has 1 aliphatic heterocycles. The molecule has 0 radical (unpaired) electrons. The van der Waals surface area contributed by atoms with Gasteiger partial charge < -0.3 is 14.8 Å². The molecule has 7 heteroatoms. The second-order valence-electron chi connectivity index (χ2n) is 8.96. The quantitative estimate of drug-likeness (QED) is 0.508. The summed E-state index contributed by atoms with van der Waals surface area (Å²) in [5.74, 6) is 0.807. The highest BCUT2D eigenvalue weighted by molar-refractivity contribution is 5.98. The Balaban J connectivity index is 1.48. The maximum atomic E-state index is 13.2. The third-order valence-electron chi connectivity index (χ3n) is 6.35. The second-order valence-corrected chi connectivity index (χ2v) is 8.96. The minimum atomic E-state index is -0.0116. The van der Waals surface area contributed by atoms with Gasteiger partial charge in [0.1, 0.15) is 0 Å². The van der Waals surface area contributed by atoms with Crippen LogP contribution in [0.3, 0.4) is 0 Å². The van der Waals surface area contributed by atoms with Crippen LogP contribution in [0.4, 0.5) is 5.95 Å². The van der Waals surface area contributed by atoms with E-state index in [1.165, 1.54) is 22.2 Å². The van der Waals surface area contributed by atoms with E-state index in [9.17, 15) is 4.79 Å². The van der Waals surface area contributed by atoms with Crippen molar-refractivity contribution in [3.8, 4) is 11.1 Å². The van der Waals surface area contributed by atoms with Crippen molar-refractivity contribution in [1.82, 2.24) is 24.8 Å². The first-order valence-corrected chi connectivity index (χ1v) is 11.3. The number of fused-ring (bicyclic) bond motifs is 1. The first kappa shape index (κ1) is 21.1. The van der Waals surface area contributed by atoms with Crippen molar-refractivity contribution < 1.29 is 4.79 Å². The van der Waals surface area contributed by atoms with Crippen LogP contribution >= 0.6 is 0 Å². The molecule has 0 aliphatic carbocycles. The fourth-order valence-electron chi connectivity index (χ4n) is 4.70. The van der Waals surface area contributed by atoms with Gasteiger partial charge in [-0.15, -0.1) is 0 Å². The lowest BCUT2D eigenvalue weighted by Gasteiger charge is -2.33. The van der Waals surface area contributed by atoms with Gasteiger partial charge in [0, 0.05) is 80.1 Å². The monoisotopic (exact) mass is 440 g/mol. The molecule has 1 atom stereocenters. The summed E-state index contributed by atoms with van der Waals surface area (Å²) >= 11 is 0. The Hall–Kier alpha value is -3.74. The number of aromatic amines is 1. The van der Waals surface area contributed by atoms with Crippen LogP contribution in [0.5, 0.6) is 0 Å². The largest absolute Gasteiger partial charge is 0.358 e. The van der Waals surface area contributed by atoms with E-state index in [1.54, 1.807) is 12.4 Å². The summed E-state index contributed by atoms with van der Waals surface area (Å²) in [5, 5.41) is 1.22. The fourth-order valence-corrected chi connectivity index (χ4v) is 4.70. The minimum Gasteiger partial charge on any atom is -0.358 e. The molecule has 4 heterocycles. The number of carbonyl (C=O) groups is 1. The Morgan fingerprint density at radius 3 is 2.61 bits per heavy atom. The van der Waals surface area contributed by atoms with Gasteiger partial charge in [-0.2, -0.15) is 0 Å². The SMILES string of the molecule is Cc1ccc2[nH]c([C@@H]3CCCN(C(=O)c4cnc(N(C)C)nc4)C3)c(-c3ccncc3)c2c1. The van der Waals surface area contributed by atoms with Crippen molar-refractivity contribution in [1.29, 1.82) is 0 Å². The lowest BCUT2D eigenvalue weighted by molar-refractivity contribution is 0.0705. The van der Waals surface area contributed by atoms with E-state index in [4.69, 9.17) is 0 Å². The molecule has 33 heavy (non-hydrogen) atoms. The molecule has 1 aromatic carbocycles. The van der Waals surface area contributed by atoms with Gasteiger partial charge in [0.25, 0.3) is 5.91 Å². The Kier molecular flexibility index (Phi) is 5.54. The Bertz CT molecular complexity index is 1280. The average molecular weight is 441 g/mol. The van der Waals surface area contributed by atoms with Crippen LogP contribution in [0.1, 0.15) is 40.4 Å². The first-order chi connectivity index (χ1) is 16.0. The molecule has 1 amide bonds. The summed E-state index contributed by atoms with van der Waals surface area (Å²) in [5.41, 5.74) is 6.44. The summed E-state index contributed by atoms with van der Waals surface area (Å²) in [6.45, 7) is 3.53. The third-order valence-corrected chi connectivity index (χ3v) is 6.35. The number of nitrogens with zero attached hydrogens (tertiary/aromatic N) is 5. The minimum absolute atomic E-state index is 0.0116. The first-order valence-electron chi connectivity index (χ1n) is 11.3. The Morgan fingerprint density at radius 1 is 1.12 bits per heavy atom. The van der Waals surface area contributed by atoms with E-state index < -0.39 is 0 Å². The van der Waals surface area contributed by atoms with Crippen LogP contribution in [0.2, 0.25) is 0 Å². The number of aryl methyl sites for hydroxylation is 1. The average Bonchev–Trinajstić information content (AvgIpc) is 3.23. The summed E-state index contributed by atoms with van der Waals surface area (Å²) in [4.78, 5) is 33.5. The predicted octanol–water partition coefficient (Wildman–Crippen LogP) is 4.41. The molecular weight excluding hydrogens is 412 g/mol. The molecule has 168 valence electrons. The molecule has 1 saturated heterocycles. The van der Waals surface area contributed by atoms with Gasteiger partial charge in [0.2, 0.25) is 5.95 Å². The smallest absolute Gasteiger partial charge is 0.257 e. The number of nitrogens with one attached hydrogen (secondary N) is 1. The van der Waals surface area contributed by atoms with Gasteiger partial charge in [0.05, 0.1) is 5.56 Å². The van der Waals surface area contributed by atoms with Crippen LogP contribution in [-0.4, -0.2) is 57.9 Å². The zero-order valence-electron chi connectivity index (χ0n) is 19.2. The molecule has 0 bridgehead atoms. The van der Waals surface area contributed by atoms with Gasteiger partial charge in [-0.3, -0.25) is 9.78 Å². The van der Waals surface area contributed by atoms with Gasteiger partial charge in [0.15, 0.2) is 0 Å². The lowest BCUT2D eigenvalue weighted by atomic mass is 9.89. The van der Waals surface area contributed by atoms with Crippen LogP contribution in [0.15, 0.2) is 55.1 Å². The molecule has 7 nitrogen and oxygen atoms in total. The number of aromatic nitrogens is 4. The molecule has 5 rings (SSSR count). The summed E-state index contributed by atoms with van der Waals surface area (Å²) in [7, 11) is 3.77. The van der Waals surface area contributed by atoms with Crippen molar-refractivity contribution in [2.24, 2.45) is 0 Å². The number of H-pyrrole nitrogens is 1. The molecule has 4 aromatic rings. The zero-order chi connectivity index (χ0) is 22.9. The summed E-state index contributed by atoms with van der Waals surface area (Å²) < 4.78 is 0. The highest BCUT2D eigenvalue weighted by atomic mass is 16.2. The van der Waals surface area contributed by atoms with Crippen molar-refractivity contribution in [2.45, 2.75) is 25.7 Å². The van der Waals surface area contributed by atoms with E-state index >= 15 is 0 Å². The lowest BCUT2D eigenvalue weighted by Crippen LogP contribution is -2.39. The van der Waals surface area contributed by atoms with Crippen LogP contribution in [0, 0.1) is 6.92 Å². The van der Waals surface area contributed by atoms with Crippen molar-refractivity contribution >= 4 is 22.8 Å². The van der Waals surface area contributed by atoms with Gasteiger partial charge in [-0.05, 0) is 49.6 Å². The van der Waals surface area contributed by atoms with Crippen molar-refractivity contribution in [3.05, 3.63) is 71.9 Å². The van der Waals surface area contributed by atoms with Crippen LogP contribution < -0.4 is 4.90 Å². The number of likely N-dealkylation sites (tertiary alicyclic amines) is 1. The van der Waals surface area contributed by atoms with Gasteiger partial charge in [-0.25, -0.2) is 9.97 Å². The predicted molar refractivity (Wildman–Crippen MR) is 131 cm³/mol. The number of amides is 1. The molecule has 1 fully saturated rings. The Morgan fingerprint density at radius 2 is 1.88 bits per heavy atom. The van der Waals surface area contributed by atoms with Crippen LogP contribution in [0.25, 0.3) is 22.0 Å². The highest BCUT2D eigenvalue weighted by Crippen LogP contribution is 2.39. The number of hydrogen-bond acceptors (Lipinski definition) is 5. The number of piperidine rings is 1. The van der Waals surface area contributed by atoms with Crippen molar-refractivity contribution in [3.63, 3.8) is 0 Å². The van der Waals surface area contributed by atoms with Gasteiger partial charge >= 0.3 is 0 Å². The molecule has 1 N–H and O–H groups in total. The molecule has 0 saturated carbocycles.